The summed E-state index contributed by atoms with van der Waals surface area (Å²) >= 11 is 1.30. The fraction of sp³-hybridized carbons (Fsp3) is 0.364. The number of carboxylic acids is 1. The van der Waals surface area contributed by atoms with Crippen molar-refractivity contribution in [1.29, 1.82) is 0 Å². The molecule has 6 amide bonds. The minimum atomic E-state index is -1.26. The highest BCUT2D eigenvalue weighted by atomic mass is 32.2. The first-order valence-electron chi connectivity index (χ1n) is 10.9. The van der Waals surface area contributed by atoms with Gasteiger partial charge in [0.25, 0.3) is 5.91 Å². The van der Waals surface area contributed by atoms with Crippen molar-refractivity contribution in [1.82, 2.24) is 25.3 Å². The van der Waals surface area contributed by atoms with E-state index in [2.05, 4.69) is 10.6 Å². The maximum atomic E-state index is 13.2. The number of likely N-dealkylation sites (N-methyl/N-ethyl adjacent to an activating group) is 1. The summed E-state index contributed by atoms with van der Waals surface area (Å²) in [5.74, 6) is -3.93. The van der Waals surface area contributed by atoms with Gasteiger partial charge in [-0.05, 0) is 18.6 Å². The van der Waals surface area contributed by atoms with Crippen LogP contribution in [-0.2, 0) is 24.0 Å². The van der Waals surface area contributed by atoms with Crippen LogP contribution in [0.1, 0.15) is 18.5 Å². The van der Waals surface area contributed by atoms with E-state index in [9.17, 15) is 33.9 Å². The number of carboxylic acid groups (broad SMARTS) is 1. The van der Waals surface area contributed by atoms with Gasteiger partial charge in [0, 0.05) is 25.4 Å². The van der Waals surface area contributed by atoms with Gasteiger partial charge in [-0.2, -0.15) is 0 Å². The number of imide groups is 1. The van der Waals surface area contributed by atoms with Crippen molar-refractivity contribution in [2.45, 2.75) is 24.4 Å². The Labute approximate surface area is 204 Å². The average molecular weight is 502 g/mol. The van der Waals surface area contributed by atoms with Crippen molar-refractivity contribution in [2.24, 2.45) is 0 Å². The maximum Gasteiger partial charge on any atom is 0.352 e. The van der Waals surface area contributed by atoms with E-state index in [4.69, 9.17) is 0 Å². The van der Waals surface area contributed by atoms with Gasteiger partial charge < -0.3 is 20.6 Å². The van der Waals surface area contributed by atoms with Gasteiger partial charge in [-0.15, -0.1) is 11.8 Å². The highest BCUT2D eigenvalue weighted by Gasteiger charge is 2.53. The Bertz CT molecular complexity index is 1120. The third-order valence-electron chi connectivity index (χ3n) is 5.96. The lowest BCUT2D eigenvalue weighted by atomic mass is 10.0. The molecule has 0 aromatic heterocycles. The molecule has 184 valence electrons. The van der Waals surface area contributed by atoms with E-state index in [1.807, 2.05) is 0 Å². The van der Waals surface area contributed by atoms with Crippen LogP contribution in [0.25, 0.3) is 0 Å². The Morgan fingerprint density at radius 1 is 1.11 bits per heavy atom. The molecule has 0 saturated carbocycles. The highest BCUT2D eigenvalue weighted by Crippen LogP contribution is 2.37. The third kappa shape index (κ3) is 4.46. The molecule has 2 fully saturated rings. The van der Waals surface area contributed by atoms with Gasteiger partial charge in [0.2, 0.25) is 5.91 Å². The number of aliphatic carboxylic acids is 1. The number of fused-ring (bicyclic) bond motifs is 1. The van der Waals surface area contributed by atoms with Gasteiger partial charge in [-0.1, -0.05) is 30.3 Å². The van der Waals surface area contributed by atoms with E-state index in [1.54, 1.807) is 37.3 Å². The zero-order chi connectivity index (χ0) is 25.3. The van der Waals surface area contributed by atoms with Crippen LogP contribution in [0.2, 0.25) is 0 Å². The molecular weight excluding hydrogens is 478 g/mol. The summed E-state index contributed by atoms with van der Waals surface area (Å²) in [6, 6.07) is 5.09. The van der Waals surface area contributed by atoms with E-state index in [0.29, 0.717) is 17.9 Å². The van der Waals surface area contributed by atoms with Crippen LogP contribution < -0.4 is 10.6 Å². The number of piperazine rings is 1. The van der Waals surface area contributed by atoms with Crippen LogP contribution >= 0.6 is 11.8 Å². The second kappa shape index (κ2) is 9.78. The fourth-order valence-electron chi connectivity index (χ4n) is 4.09. The van der Waals surface area contributed by atoms with Gasteiger partial charge in [0.1, 0.15) is 23.2 Å². The number of thioether (sulfide) groups is 1. The van der Waals surface area contributed by atoms with E-state index < -0.39 is 53.1 Å². The quantitative estimate of drug-likeness (QED) is 0.348. The largest absolute Gasteiger partial charge is 0.477 e. The summed E-state index contributed by atoms with van der Waals surface area (Å²) < 4.78 is 0. The number of nitrogens with one attached hydrogen (secondary N) is 2. The number of rotatable bonds is 6. The molecule has 1 aromatic carbocycles. The summed E-state index contributed by atoms with van der Waals surface area (Å²) in [7, 11) is 0. The number of urea groups is 1. The summed E-state index contributed by atoms with van der Waals surface area (Å²) in [5.41, 5.74) is 0.266. The molecule has 13 heteroatoms. The molecule has 12 nitrogen and oxygen atoms in total. The smallest absolute Gasteiger partial charge is 0.352 e. The summed E-state index contributed by atoms with van der Waals surface area (Å²) in [4.78, 5) is 78.0. The van der Waals surface area contributed by atoms with E-state index in [1.165, 1.54) is 22.7 Å². The highest BCUT2D eigenvalue weighted by molar-refractivity contribution is 8.00. The summed E-state index contributed by atoms with van der Waals surface area (Å²) in [5, 5.41) is 13.8. The standard InChI is InChI=1S/C22H23N5O7S/c1-2-25-9-10-26(19(31)18(25)30)22(34)24-14(12-6-4-3-5-7-12)16(28)23-15-17(29)27-13(21(32)33)8-11-35-20(15)27/h3-8,14-15,20H,2,9-11H2,1H3,(H,23,28)(H,24,34)(H,32,33)/t14?,15?,20-/m1/s1. The second-order valence-electron chi connectivity index (χ2n) is 7.95. The number of benzene rings is 1. The van der Waals surface area contributed by atoms with Crippen LogP contribution in [0.15, 0.2) is 42.1 Å². The average Bonchev–Trinajstić information content (AvgIpc) is 2.86. The second-order valence-corrected chi connectivity index (χ2v) is 9.10. The van der Waals surface area contributed by atoms with Crippen molar-refractivity contribution < 1.29 is 33.9 Å². The topological polar surface area (TPSA) is 156 Å². The fourth-order valence-corrected chi connectivity index (χ4v) is 5.29. The Balaban J connectivity index is 1.50. The molecular formula is C22H23N5O7S. The molecule has 3 aliphatic heterocycles. The molecule has 4 rings (SSSR count). The van der Waals surface area contributed by atoms with Crippen molar-refractivity contribution in [3.8, 4) is 0 Å². The molecule has 1 aromatic rings. The van der Waals surface area contributed by atoms with Crippen LogP contribution in [0, 0.1) is 0 Å². The molecule has 3 atom stereocenters. The van der Waals surface area contributed by atoms with E-state index in [-0.39, 0.29) is 18.8 Å². The van der Waals surface area contributed by atoms with Crippen molar-refractivity contribution >= 4 is 47.4 Å². The normalized spacial score (nSPS) is 22.6. The predicted octanol–water partition coefficient (Wildman–Crippen LogP) is -0.504. The number of hydrogen-bond donors (Lipinski definition) is 3. The van der Waals surface area contributed by atoms with Gasteiger partial charge in [0.05, 0.1) is 0 Å². The molecule has 0 aliphatic carbocycles. The van der Waals surface area contributed by atoms with Gasteiger partial charge in [-0.3, -0.25) is 29.0 Å². The van der Waals surface area contributed by atoms with E-state index in [0.717, 1.165) is 9.80 Å². The number of β-lactam (4-membered cyclic amide) rings is 1. The SMILES string of the molecule is CCN1CCN(C(=O)NC(C(=O)NC2C(=O)N3C(C(=O)O)=CCS[C@H]23)c2ccccc2)C(=O)C1=O. The Kier molecular flexibility index (Phi) is 6.78. The molecule has 35 heavy (non-hydrogen) atoms. The number of carbonyl (C=O) groups is 6. The zero-order valence-corrected chi connectivity index (χ0v) is 19.5. The van der Waals surface area contributed by atoms with Crippen LogP contribution in [-0.4, -0.2) is 92.2 Å². The number of hydrogen-bond acceptors (Lipinski definition) is 7. The monoisotopic (exact) mass is 501 g/mol. The molecule has 2 unspecified atom stereocenters. The van der Waals surface area contributed by atoms with Crippen molar-refractivity contribution in [2.75, 3.05) is 25.4 Å². The molecule has 0 bridgehead atoms. The lowest BCUT2D eigenvalue weighted by Crippen LogP contribution is -2.70. The van der Waals surface area contributed by atoms with Gasteiger partial charge in [0.15, 0.2) is 0 Å². The van der Waals surface area contributed by atoms with Crippen LogP contribution in [0.3, 0.4) is 0 Å². The predicted molar refractivity (Wildman–Crippen MR) is 122 cm³/mol. The summed E-state index contributed by atoms with van der Waals surface area (Å²) in [6.07, 6.45) is 1.43. The first kappa shape index (κ1) is 24.3. The Morgan fingerprint density at radius 2 is 1.83 bits per heavy atom. The molecule has 2 saturated heterocycles. The van der Waals surface area contributed by atoms with Crippen LogP contribution in [0.4, 0.5) is 4.79 Å². The number of amides is 6. The van der Waals surface area contributed by atoms with Crippen molar-refractivity contribution in [3.63, 3.8) is 0 Å². The third-order valence-corrected chi connectivity index (χ3v) is 7.15. The maximum absolute atomic E-state index is 13.2. The lowest BCUT2D eigenvalue weighted by Gasteiger charge is -2.48. The Hall–Kier alpha value is -3.87. The van der Waals surface area contributed by atoms with E-state index >= 15 is 0 Å². The van der Waals surface area contributed by atoms with Gasteiger partial charge >= 0.3 is 23.8 Å². The zero-order valence-electron chi connectivity index (χ0n) is 18.7. The molecule has 0 radical (unpaired) electrons. The van der Waals surface area contributed by atoms with Crippen molar-refractivity contribution in [3.05, 3.63) is 47.7 Å². The molecule has 3 N–H and O–H groups in total. The number of nitrogens with zero attached hydrogens (tertiary/aromatic N) is 3. The first-order chi connectivity index (χ1) is 16.7. The first-order valence-corrected chi connectivity index (χ1v) is 11.9. The molecule has 3 heterocycles. The molecule has 3 aliphatic rings. The minimum Gasteiger partial charge on any atom is -0.477 e. The minimum absolute atomic E-state index is 0.0214. The lowest BCUT2D eigenvalue weighted by molar-refractivity contribution is -0.153. The summed E-state index contributed by atoms with van der Waals surface area (Å²) in [6.45, 7) is 2.22. The van der Waals surface area contributed by atoms with Gasteiger partial charge in [-0.25, -0.2) is 9.59 Å². The number of carbonyl (C=O) groups excluding carboxylic acids is 5. The Morgan fingerprint density at radius 3 is 2.49 bits per heavy atom. The van der Waals surface area contributed by atoms with Crippen LogP contribution in [0.5, 0.6) is 0 Å². The molecule has 0 spiro atoms.